The lowest BCUT2D eigenvalue weighted by Gasteiger charge is -2.14. The first-order valence-corrected chi connectivity index (χ1v) is 8.47. The first kappa shape index (κ1) is 20.5. The van der Waals surface area contributed by atoms with E-state index in [9.17, 15) is 4.39 Å². The zero-order chi connectivity index (χ0) is 17.8. The highest BCUT2D eigenvalue weighted by molar-refractivity contribution is 14.0. The molecular formula is C20H25FIN3O. The normalized spacial score (nSPS) is 18.7. The van der Waals surface area contributed by atoms with Crippen molar-refractivity contribution >= 4 is 29.9 Å². The van der Waals surface area contributed by atoms with E-state index in [1.165, 1.54) is 6.07 Å². The molecule has 6 heteroatoms. The first-order chi connectivity index (χ1) is 12.1. The number of guanidine groups is 1. The third-order valence-electron chi connectivity index (χ3n) is 4.53. The minimum atomic E-state index is -0.135. The van der Waals surface area contributed by atoms with E-state index < -0.39 is 0 Å². The van der Waals surface area contributed by atoms with Crippen LogP contribution in [0.4, 0.5) is 4.39 Å². The second kappa shape index (κ2) is 9.21. The summed E-state index contributed by atoms with van der Waals surface area (Å²) in [7, 11) is 3.41. The summed E-state index contributed by atoms with van der Waals surface area (Å²) in [6, 6.07) is 13.3. The smallest absolute Gasteiger partial charge is 0.191 e. The number of rotatable bonds is 5. The predicted molar refractivity (Wildman–Crippen MR) is 114 cm³/mol. The van der Waals surface area contributed by atoms with Crippen molar-refractivity contribution in [2.24, 2.45) is 4.99 Å². The number of methoxy groups -OCH3 is 1. The van der Waals surface area contributed by atoms with E-state index in [2.05, 4.69) is 21.7 Å². The van der Waals surface area contributed by atoms with E-state index in [1.54, 1.807) is 20.2 Å². The number of aryl methyl sites for hydroxylation is 1. The average molecular weight is 469 g/mol. The number of benzene rings is 2. The second-order valence-electron chi connectivity index (χ2n) is 6.36. The molecule has 1 aliphatic rings. The summed E-state index contributed by atoms with van der Waals surface area (Å²) in [5.74, 6) is 1.64. The van der Waals surface area contributed by atoms with Gasteiger partial charge in [-0.05, 0) is 36.6 Å². The molecule has 2 aromatic rings. The van der Waals surface area contributed by atoms with Gasteiger partial charge in [-0.25, -0.2) is 4.39 Å². The largest absolute Gasteiger partial charge is 0.496 e. The molecule has 1 fully saturated rings. The van der Waals surface area contributed by atoms with Crippen LogP contribution in [0.1, 0.15) is 29.0 Å². The maximum atomic E-state index is 13.9. The fourth-order valence-corrected chi connectivity index (χ4v) is 3.02. The lowest BCUT2D eigenvalue weighted by molar-refractivity contribution is 0.408. The molecule has 2 unspecified atom stereocenters. The fraction of sp³-hybridized carbons (Fsp3) is 0.350. The molecule has 1 saturated carbocycles. The molecule has 0 aliphatic heterocycles. The lowest BCUT2D eigenvalue weighted by atomic mass is 10.1. The van der Waals surface area contributed by atoms with Crippen LogP contribution in [0.15, 0.2) is 47.5 Å². The molecule has 2 atom stereocenters. The van der Waals surface area contributed by atoms with Gasteiger partial charge in [0.15, 0.2) is 5.96 Å². The van der Waals surface area contributed by atoms with Crippen molar-refractivity contribution in [2.45, 2.75) is 31.8 Å². The monoisotopic (exact) mass is 469 g/mol. The van der Waals surface area contributed by atoms with E-state index >= 15 is 0 Å². The van der Waals surface area contributed by atoms with Crippen LogP contribution in [-0.2, 0) is 6.54 Å². The van der Waals surface area contributed by atoms with Gasteiger partial charge in [0.05, 0.1) is 7.11 Å². The number of nitrogens with zero attached hydrogens (tertiary/aromatic N) is 1. The molecule has 0 bridgehead atoms. The van der Waals surface area contributed by atoms with Crippen LogP contribution in [0, 0.1) is 12.7 Å². The van der Waals surface area contributed by atoms with Gasteiger partial charge in [-0.1, -0.05) is 30.3 Å². The van der Waals surface area contributed by atoms with E-state index in [0.29, 0.717) is 12.5 Å². The van der Waals surface area contributed by atoms with Gasteiger partial charge in [0.2, 0.25) is 0 Å². The maximum absolute atomic E-state index is 13.9. The summed E-state index contributed by atoms with van der Waals surface area (Å²) >= 11 is 0. The number of nitrogens with one attached hydrogen (secondary N) is 2. The van der Waals surface area contributed by atoms with Gasteiger partial charge in [-0.15, -0.1) is 24.0 Å². The summed E-state index contributed by atoms with van der Waals surface area (Å²) in [4.78, 5) is 4.27. The molecule has 0 heterocycles. The molecular weight excluding hydrogens is 444 g/mol. The molecule has 140 valence electrons. The number of hydrogen-bond donors (Lipinski definition) is 2. The molecule has 0 spiro atoms. The van der Waals surface area contributed by atoms with Gasteiger partial charge in [0, 0.05) is 31.1 Å². The van der Waals surface area contributed by atoms with Gasteiger partial charge in [0.25, 0.3) is 0 Å². The molecule has 0 radical (unpaired) electrons. The van der Waals surface area contributed by atoms with Gasteiger partial charge in [-0.3, -0.25) is 4.99 Å². The molecule has 0 saturated heterocycles. The molecule has 2 aromatic carbocycles. The Balaban J connectivity index is 0.00000243. The van der Waals surface area contributed by atoms with Crippen molar-refractivity contribution in [1.82, 2.24) is 10.6 Å². The Morgan fingerprint density at radius 2 is 2.04 bits per heavy atom. The van der Waals surface area contributed by atoms with Gasteiger partial charge in [0.1, 0.15) is 11.6 Å². The van der Waals surface area contributed by atoms with E-state index in [-0.39, 0.29) is 41.8 Å². The van der Waals surface area contributed by atoms with Crippen LogP contribution in [0.5, 0.6) is 5.75 Å². The molecule has 3 rings (SSSR count). The Kier molecular flexibility index (Phi) is 7.25. The number of ether oxygens (including phenoxy) is 1. The average Bonchev–Trinajstić information content (AvgIpc) is 3.38. The number of halogens is 2. The standard InChI is InChI=1S/C20H24FN3O.HI/c1-13-8-9-14(19(10-13)25-3)12-23-20(22-2)24-18-11-16(18)15-6-4-5-7-17(15)21;/h4-10,16,18H,11-12H2,1-3H3,(H2,22,23,24);1H. The van der Waals surface area contributed by atoms with Crippen LogP contribution in [-0.4, -0.2) is 26.2 Å². The Morgan fingerprint density at radius 3 is 2.73 bits per heavy atom. The summed E-state index contributed by atoms with van der Waals surface area (Å²) in [6.07, 6.45) is 0.912. The summed E-state index contributed by atoms with van der Waals surface area (Å²) in [5, 5.41) is 6.67. The SMILES string of the molecule is CN=C(NCc1ccc(C)cc1OC)NC1CC1c1ccccc1F.I. The lowest BCUT2D eigenvalue weighted by Crippen LogP contribution is -2.38. The highest BCUT2D eigenvalue weighted by Crippen LogP contribution is 2.41. The van der Waals surface area contributed by atoms with Crippen LogP contribution in [0.2, 0.25) is 0 Å². The molecule has 2 N–H and O–H groups in total. The molecule has 0 aromatic heterocycles. The third kappa shape index (κ3) is 4.87. The van der Waals surface area contributed by atoms with Crippen LogP contribution in [0.25, 0.3) is 0 Å². The molecule has 26 heavy (non-hydrogen) atoms. The van der Waals surface area contributed by atoms with Crippen LogP contribution >= 0.6 is 24.0 Å². The Morgan fingerprint density at radius 1 is 1.27 bits per heavy atom. The van der Waals surface area contributed by atoms with Crippen molar-refractivity contribution in [3.05, 3.63) is 65.0 Å². The second-order valence-corrected chi connectivity index (χ2v) is 6.36. The van der Waals surface area contributed by atoms with Crippen molar-refractivity contribution < 1.29 is 9.13 Å². The minimum absolute atomic E-state index is 0. The Labute approximate surface area is 171 Å². The molecule has 1 aliphatic carbocycles. The van der Waals surface area contributed by atoms with E-state index in [4.69, 9.17) is 4.74 Å². The van der Waals surface area contributed by atoms with Gasteiger partial charge < -0.3 is 15.4 Å². The third-order valence-corrected chi connectivity index (χ3v) is 4.53. The van der Waals surface area contributed by atoms with Crippen molar-refractivity contribution in [2.75, 3.05) is 14.2 Å². The number of hydrogen-bond acceptors (Lipinski definition) is 2. The quantitative estimate of drug-likeness (QED) is 0.396. The van der Waals surface area contributed by atoms with Crippen LogP contribution < -0.4 is 15.4 Å². The highest BCUT2D eigenvalue weighted by Gasteiger charge is 2.40. The maximum Gasteiger partial charge on any atom is 0.191 e. The van der Waals surface area contributed by atoms with Crippen molar-refractivity contribution in [1.29, 1.82) is 0 Å². The molecule has 4 nitrogen and oxygen atoms in total. The van der Waals surface area contributed by atoms with Crippen molar-refractivity contribution in [3.63, 3.8) is 0 Å². The van der Waals surface area contributed by atoms with Gasteiger partial charge >= 0.3 is 0 Å². The first-order valence-electron chi connectivity index (χ1n) is 8.47. The van der Waals surface area contributed by atoms with Crippen LogP contribution in [0.3, 0.4) is 0 Å². The Hall–Kier alpha value is -1.83. The highest BCUT2D eigenvalue weighted by atomic mass is 127. The number of aliphatic imine (C=N–C) groups is 1. The zero-order valence-electron chi connectivity index (χ0n) is 15.3. The van der Waals surface area contributed by atoms with Crippen molar-refractivity contribution in [3.8, 4) is 5.75 Å². The van der Waals surface area contributed by atoms with E-state index in [1.807, 2.05) is 31.2 Å². The summed E-state index contributed by atoms with van der Waals surface area (Å²) in [6.45, 7) is 2.65. The van der Waals surface area contributed by atoms with Gasteiger partial charge in [-0.2, -0.15) is 0 Å². The molecule has 0 amide bonds. The Bertz CT molecular complexity index is 781. The minimum Gasteiger partial charge on any atom is -0.496 e. The zero-order valence-corrected chi connectivity index (χ0v) is 17.6. The fourth-order valence-electron chi connectivity index (χ4n) is 3.02. The summed E-state index contributed by atoms with van der Waals surface area (Å²) in [5.41, 5.74) is 3.00. The van der Waals surface area contributed by atoms with E-state index in [0.717, 1.165) is 28.9 Å². The predicted octanol–water partition coefficient (Wildman–Crippen LogP) is 3.98. The topological polar surface area (TPSA) is 45.7 Å². The summed E-state index contributed by atoms with van der Waals surface area (Å²) < 4.78 is 19.3.